The molecule has 3 aliphatic rings. The molecule has 2 saturated heterocycles. The van der Waals surface area contributed by atoms with Gasteiger partial charge in [0.2, 0.25) is 0 Å². The van der Waals surface area contributed by atoms with Crippen LogP contribution in [0.1, 0.15) is 76.4 Å². The predicted molar refractivity (Wildman–Crippen MR) is 153 cm³/mol. The Bertz CT molecular complexity index is 1420. The van der Waals surface area contributed by atoms with Crippen molar-refractivity contribution in [3.63, 3.8) is 0 Å². The van der Waals surface area contributed by atoms with Crippen molar-refractivity contribution in [2.45, 2.75) is 57.1 Å². The lowest BCUT2D eigenvalue weighted by atomic mass is 9.83. The molecule has 11 heteroatoms. The van der Waals surface area contributed by atoms with Crippen molar-refractivity contribution in [3.8, 4) is 11.4 Å². The topological polar surface area (TPSA) is 125 Å². The fourth-order valence-electron chi connectivity index (χ4n) is 6.38. The molecule has 3 heterocycles. The van der Waals surface area contributed by atoms with E-state index in [0.29, 0.717) is 55.6 Å². The van der Waals surface area contributed by atoms with Crippen LogP contribution in [-0.4, -0.2) is 82.0 Å². The third kappa shape index (κ3) is 6.17. The van der Waals surface area contributed by atoms with E-state index in [9.17, 15) is 14.0 Å². The Morgan fingerprint density at radius 2 is 1.69 bits per heavy atom. The standard InChI is InChI=1S/C31H38FN7O3/c32-24-14-23(15-26(17-24)39-20-25(18-33)35-36-39)31(41)38-12-10-37(11-13-38)30(40)22-6-7-29(42-27-8-9-34-19-27)28(16-22)21-4-2-1-3-5-21/h6-7,14-17,20-21,27,34H,1-5,8-13,18-19,33H2/p+2/t27-/m0/s1. The van der Waals surface area contributed by atoms with Gasteiger partial charge in [-0.1, -0.05) is 24.5 Å². The highest BCUT2D eigenvalue weighted by molar-refractivity contribution is 5.96. The summed E-state index contributed by atoms with van der Waals surface area (Å²) in [6.45, 7) is 4.11. The summed E-state index contributed by atoms with van der Waals surface area (Å²) < 4.78 is 22.4. The summed E-state index contributed by atoms with van der Waals surface area (Å²) in [6, 6.07) is 10.1. The molecule has 5 N–H and O–H groups in total. The van der Waals surface area contributed by atoms with Gasteiger partial charge >= 0.3 is 0 Å². The first-order valence-corrected chi connectivity index (χ1v) is 15.2. The van der Waals surface area contributed by atoms with Crippen molar-refractivity contribution < 1.29 is 29.8 Å². The van der Waals surface area contributed by atoms with Crippen LogP contribution in [0.25, 0.3) is 5.69 Å². The molecule has 1 atom stereocenters. The highest BCUT2D eigenvalue weighted by atomic mass is 19.1. The van der Waals surface area contributed by atoms with Crippen LogP contribution in [-0.2, 0) is 6.54 Å². The maximum Gasteiger partial charge on any atom is 0.254 e. The Hall–Kier alpha value is -3.83. The summed E-state index contributed by atoms with van der Waals surface area (Å²) in [5, 5.41) is 10.3. The minimum absolute atomic E-state index is 0.0275. The van der Waals surface area contributed by atoms with Gasteiger partial charge in [-0.25, -0.2) is 9.07 Å². The molecular formula is C31H40FN7O3+2. The van der Waals surface area contributed by atoms with Crippen molar-refractivity contribution in [2.75, 3.05) is 39.3 Å². The molecule has 42 heavy (non-hydrogen) atoms. The number of hydrogen-bond acceptors (Lipinski definition) is 5. The number of carbonyl (C=O) groups is 2. The molecule has 2 amide bonds. The average Bonchev–Trinajstić information content (AvgIpc) is 3.73. The van der Waals surface area contributed by atoms with Gasteiger partial charge in [0.05, 0.1) is 18.4 Å². The van der Waals surface area contributed by atoms with E-state index in [1.165, 1.54) is 36.1 Å². The van der Waals surface area contributed by atoms with Gasteiger partial charge in [-0.15, -0.1) is 5.10 Å². The second-order valence-electron chi connectivity index (χ2n) is 11.6. The number of nitrogens with two attached hydrogens (primary N) is 1. The van der Waals surface area contributed by atoms with E-state index >= 15 is 0 Å². The van der Waals surface area contributed by atoms with Crippen LogP contribution in [0.2, 0.25) is 0 Å². The summed E-state index contributed by atoms with van der Waals surface area (Å²) in [7, 11) is 0. The SMILES string of the molecule is [NH3+]Cc1cn(-c2cc(F)cc(C(=O)N3CCN(C(=O)c4ccc(O[C@H]5CC[NH2+]C5)c(C5CCCCC5)c4)CC3)c2)nn1. The summed E-state index contributed by atoms with van der Waals surface area (Å²) in [5.41, 5.74) is 6.96. The zero-order valence-electron chi connectivity index (χ0n) is 24.0. The molecule has 0 unspecified atom stereocenters. The summed E-state index contributed by atoms with van der Waals surface area (Å²) in [5.74, 6) is 0.520. The zero-order chi connectivity index (χ0) is 29.1. The first-order valence-electron chi connectivity index (χ1n) is 15.2. The lowest BCUT2D eigenvalue weighted by Crippen LogP contribution is -2.81. The van der Waals surface area contributed by atoms with Gasteiger partial charge in [0.15, 0.2) is 6.10 Å². The van der Waals surface area contributed by atoms with Crippen LogP contribution in [0.5, 0.6) is 5.75 Å². The van der Waals surface area contributed by atoms with Gasteiger partial charge in [0.25, 0.3) is 11.8 Å². The van der Waals surface area contributed by atoms with E-state index in [-0.39, 0.29) is 23.5 Å². The molecular weight excluding hydrogens is 537 g/mol. The Morgan fingerprint density at radius 1 is 0.952 bits per heavy atom. The average molecular weight is 578 g/mol. The number of piperazine rings is 1. The van der Waals surface area contributed by atoms with Gasteiger partial charge in [0, 0.05) is 43.7 Å². The molecule has 10 nitrogen and oxygen atoms in total. The predicted octanol–water partition coefficient (Wildman–Crippen LogP) is 1.51. The van der Waals surface area contributed by atoms with Crippen LogP contribution >= 0.6 is 0 Å². The molecule has 0 radical (unpaired) electrons. The minimum Gasteiger partial charge on any atom is -0.484 e. The van der Waals surface area contributed by atoms with Gasteiger partial charge < -0.3 is 25.6 Å². The molecule has 2 aromatic carbocycles. The molecule has 1 aliphatic carbocycles. The Kier molecular flexibility index (Phi) is 8.48. The number of ether oxygens (including phenoxy) is 1. The molecule has 3 aromatic rings. The van der Waals surface area contributed by atoms with Crippen molar-refractivity contribution in [3.05, 3.63) is 70.8 Å². The van der Waals surface area contributed by atoms with E-state index in [1.54, 1.807) is 17.2 Å². The van der Waals surface area contributed by atoms with Crippen molar-refractivity contribution in [1.29, 1.82) is 0 Å². The van der Waals surface area contributed by atoms with E-state index < -0.39 is 5.82 Å². The normalized spacial score (nSPS) is 19.7. The first-order chi connectivity index (χ1) is 20.5. The number of nitrogens with zero attached hydrogens (tertiary/aromatic N) is 5. The van der Waals surface area contributed by atoms with Gasteiger partial charge in [-0.2, -0.15) is 0 Å². The highest BCUT2D eigenvalue weighted by Crippen LogP contribution is 2.38. The quantitative estimate of drug-likeness (QED) is 0.441. The first kappa shape index (κ1) is 28.3. The molecule has 0 bridgehead atoms. The Labute approximate surface area is 245 Å². The van der Waals surface area contributed by atoms with Crippen molar-refractivity contribution >= 4 is 11.8 Å². The Morgan fingerprint density at radius 3 is 2.36 bits per heavy atom. The van der Waals surface area contributed by atoms with Gasteiger partial charge in [-0.3, -0.25) is 9.59 Å². The van der Waals surface area contributed by atoms with Gasteiger partial charge in [0.1, 0.15) is 30.4 Å². The molecule has 6 rings (SSSR count). The number of halogens is 1. The van der Waals surface area contributed by atoms with Crippen LogP contribution in [0.15, 0.2) is 42.6 Å². The second-order valence-corrected chi connectivity index (χ2v) is 11.6. The third-order valence-corrected chi connectivity index (χ3v) is 8.76. The minimum atomic E-state index is -0.524. The molecule has 1 aromatic heterocycles. The summed E-state index contributed by atoms with van der Waals surface area (Å²) in [6.07, 6.45) is 8.87. The lowest BCUT2D eigenvalue weighted by Gasteiger charge is -2.35. The molecule has 1 saturated carbocycles. The Balaban J connectivity index is 1.13. The number of carbonyl (C=O) groups excluding carboxylic acids is 2. The number of aromatic nitrogens is 3. The fraction of sp³-hybridized carbons (Fsp3) is 0.484. The van der Waals surface area contributed by atoms with E-state index in [1.807, 2.05) is 17.0 Å². The summed E-state index contributed by atoms with van der Waals surface area (Å²) >= 11 is 0. The second kappa shape index (κ2) is 12.6. The maximum atomic E-state index is 14.5. The smallest absolute Gasteiger partial charge is 0.254 e. The third-order valence-electron chi connectivity index (χ3n) is 8.76. The lowest BCUT2D eigenvalue weighted by molar-refractivity contribution is -0.638. The fourth-order valence-corrected chi connectivity index (χ4v) is 6.38. The van der Waals surface area contributed by atoms with Crippen molar-refractivity contribution in [2.24, 2.45) is 0 Å². The van der Waals surface area contributed by atoms with E-state index in [4.69, 9.17) is 4.74 Å². The molecule has 2 aliphatic heterocycles. The summed E-state index contributed by atoms with van der Waals surface area (Å²) in [4.78, 5) is 30.4. The van der Waals surface area contributed by atoms with Gasteiger partial charge in [-0.05, 0) is 60.7 Å². The molecule has 0 spiro atoms. The molecule has 222 valence electrons. The van der Waals surface area contributed by atoms with Crippen LogP contribution in [0.4, 0.5) is 4.39 Å². The number of hydrogen-bond donors (Lipinski definition) is 2. The maximum absolute atomic E-state index is 14.5. The van der Waals surface area contributed by atoms with E-state index in [2.05, 4.69) is 27.4 Å². The number of quaternary nitrogens is 2. The van der Waals surface area contributed by atoms with Crippen LogP contribution < -0.4 is 15.8 Å². The largest absolute Gasteiger partial charge is 0.484 e. The zero-order valence-corrected chi connectivity index (χ0v) is 24.0. The number of amides is 2. The number of rotatable bonds is 7. The number of benzene rings is 2. The highest BCUT2D eigenvalue weighted by Gasteiger charge is 2.29. The van der Waals surface area contributed by atoms with E-state index in [0.717, 1.165) is 43.7 Å². The molecule has 3 fully saturated rings. The van der Waals surface area contributed by atoms with Crippen molar-refractivity contribution in [1.82, 2.24) is 24.8 Å². The van der Waals surface area contributed by atoms with Crippen LogP contribution in [0, 0.1) is 5.82 Å². The van der Waals surface area contributed by atoms with Crippen LogP contribution in [0.3, 0.4) is 0 Å². The monoisotopic (exact) mass is 577 g/mol.